The van der Waals surface area contributed by atoms with Crippen LogP contribution >= 0.6 is 15.9 Å². The molecule has 0 saturated carbocycles. The summed E-state index contributed by atoms with van der Waals surface area (Å²) in [6.07, 6.45) is 3.92. The van der Waals surface area contributed by atoms with Gasteiger partial charge in [0, 0.05) is 24.0 Å². The van der Waals surface area contributed by atoms with Crippen LogP contribution in [-0.4, -0.2) is 33.8 Å². The number of likely N-dealkylation sites (tertiary alicyclic amines) is 1. The smallest absolute Gasteiger partial charge is 0.257 e. The number of benzene rings is 1. The van der Waals surface area contributed by atoms with Gasteiger partial charge in [-0.25, -0.2) is 4.39 Å². The third kappa shape index (κ3) is 3.26. The fraction of sp³-hybridized carbons (Fsp3) is 0.500. The average molecular weight is 330 g/mol. The maximum absolute atomic E-state index is 13.8. The molecule has 0 aromatic heterocycles. The van der Waals surface area contributed by atoms with Crippen LogP contribution in [0.5, 0.6) is 5.75 Å². The van der Waals surface area contributed by atoms with Gasteiger partial charge in [0.2, 0.25) is 0 Å². The number of rotatable bonds is 3. The van der Waals surface area contributed by atoms with Gasteiger partial charge in [-0.3, -0.25) is 4.79 Å². The molecule has 1 fully saturated rings. The molecule has 1 unspecified atom stereocenters. The molecule has 1 aliphatic rings. The number of phenolic OH excluding ortho intramolecular Hbond substituents is 1. The zero-order valence-corrected chi connectivity index (χ0v) is 12.2. The van der Waals surface area contributed by atoms with E-state index in [0.29, 0.717) is 6.54 Å². The molecule has 19 heavy (non-hydrogen) atoms. The zero-order valence-electron chi connectivity index (χ0n) is 10.6. The van der Waals surface area contributed by atoms with Crippen molar-refractivity contribution in [3.63, 3.8) is 0 Å². The van der Waals surface area contributed by atoms with Gasteiger partial charge in [0.15, 0.2) is 0 Å². The van der Waals surface area contributed by atoms with Crippen LogP contribution in [0.3, 0.4) is 0 Å². The fourth-order valence-corrected chi connectivity index (χ4v) is 3.05. The summed E-state index contributed by atoms with van der Waals surface area (Å²) in [7, 11) is 0. The number of hydrogen-bond acceptors (Lipinski definition) is 2. The molecule has 1 amide bonds. The van der Waals surface area contributed by atoms with Crippen LogP contribution < -0.4 is 0 Å². The summed E-state index contributed by atoms with van der Waals surface area (Å²) in [5.41, 5.74) is 0.0410. The predicted molar refractivity (Wildman–Crippen MR) is 75.2 cm³/mol. The van der Waals surface area contributed by atoms with Gasteiger partial charge < -0.3 is 10.0 Å². The predicted octanol–water partition coefficient (Wildman–Crippen LogP) is 3.31. The lowest BCUT2D eigenvalue weighted by molar-refractivity contribution is 0.0605. The van der Waals surface area contributed by atoms with Crippen LogP contribution in [0.15, 0.2) is 18.2 Å². The summed E-state index contributed by atoms with van der Waals surface area (Å²) in [5, 5.41) is 10.0. The Balaban J connectivity index is 2.21. The van der Waals surface area contributed by atoms with Crippen LogP contribution in [0, 0.1) is 5.82 Å². The van der Waals surface area contributed by atoms with Crippen molar-refractivity contribution in [1.82, 2.24) is 4.90 Å². The number of amides is 1. The third-order valence-electron chi connectivity index (χ3n) is 3.51. The van der Waals surface area contributed by atoms with Crippen LogP contribution in [0.4, 0.5) is 4.39 Å². The van der Waals surface area contributed by atoms with Crippen molar-refractivity contribution in [3.8, 4) is 5.75 Å². The normalized spacial score (nSPS) is 19.5. The van der Waals surface area contributed by atoms with Gasteiger partial charge in [-0.15, -0.1) is 0 Å². The van der Waals surface area contributed by atoms with Crippen molar-refractivity contribution in [2.45, 2.75) is 31.7 Å². The first-order valence-electron chi connectivity index (χ1n) is 6.49. The second-order valence-corrected chi connectivity index (χ2v) is 5.58. The first-order valence-corrected chi connectivity index (χ1v) is 7.61. The van der Waals surface area contributed by atoms with Gasteiger partial charge in [0.05, 0.1) is 5.56 Å². The van der Waals surface area contributed by atoms with E-state index in [1.165, 1.54) is 12.1 Å². The Morgan fingerprint density at radius 1 is 1.47 bits per heavy atom. The van der Waals surface area contributed by atoms with E-state index in [2.05, 4.69) is 15.9 Å². The summed E-state index contributed by atoms with van der Waals surface area (Å²) >= 11 is 3.40. The zero-order chi connectivity index (χ0) is 13.8. The number of alkyl halides is 1. The van der Waals surface area contributed by atoms with E-state index in [4.69, 9.17) is 0 Å². The van der Waals surface area contributed by atoms with E-state index < -0.39 is 5.82 Å². The third-order valence-corrected chi connectivity index (χ3v) is 3.97. The Hall–Kier alpha value is -1.10. The van der Waals surface area contributed by atoms with E-state index in [0.717, 1.165) is 37.1 Å². The standard InChI is InChI=1S/C14H17BrFNO2/c15-7-6-10-3-1-2-8-17(10)14(19)12-5-4-11(18)9-13(12)16/h4-5,9-10,18H,1-3,6-8H2. The van der Waals surface area contributed by atoms with Crippen LogP contribution in [0.2, 0.25) is 0 Å². The van der Waals surface area contributed by atoms with Gasteiger partial charge >= 0.3 is 0 Å². The van der Waals surface area contributed by atoms with E-state index in [9.17, 15) is 14.3 Å². The molecule has 1 heterocycles. The summed E-state index contributed by atoms with van der Waals surface area (Å²) in [5.74, 6) is -1.10. The maximum Gasteiger partial charge on any atom is 0.257 e. The largest absolute Gasteiger partial charge is 0.508 e. The van der Waals surface area contributed by atoms with E-state index in [1.54, 1.807) is 4.90 Å². The molecular formula is C14H17BrFNO2. The second-order valence-electron chi connectivity index (χ2n) is 4.79. The Morgan fingerprint density at radius 2 is 2.26 bits per heavy atom. The number of nitrogens with zero attached hydrogens (tertiary/aromatic N) is 1. The lowest BCUT2D eigenvalue weighted by Crippen LogP contribution is -2.44. The highest BCUT2D eigenvalue weighted by Gasteiger charge is 2.28. The minimum Gasteiger partial charge on any atom is -0.508 e. The van der Waals surface area contributed by atoms with E-state index in [-0.39, 0.29) is 23.3 Å². The first kappa shape index (κ1) is 14.3. The number of carbonyl (C=O) groups excluding carboxylic acids is 1. The number of piperidine rings is 1. The van der Waals surface area contributed by atoms with Crippen molar-refractivity contribution in [2.75, 3.05) is 11.9 Å². The number of phenols is 1. The highest BCUT2D eigenvalue weighted by Crippen LogP contribution is 2.24. The van der Waals surface area contributed by atoms with Gasteiger partial charge in [-0.2, -0.15) is 0 Å². The highest BCUT2D eigenvalue weighted by atomic mass is 79.9. The molecule has 5 heteroatoms. The minimum atomic E-state index is -0.659. The Bertz CT molecular complexity index is 465. The van der Waals surface area contributed by atoms with E-state index in [1.807, 2.05) is 0 Å². The number of carbonyl (C=O) groups is 1. The molecule has 1 aromatic rings. The molecular weight excluding hydrogens is 313 g/mol. The molecule has 1 aliphatic heterocycles. The number of aromatic hydroxyl groups is 1. The molecule has 0 radical (unpaired) electrons. The fourth-order valence-electron chi connectivity index (χ4n) is 2.53. The maximum atomic E-state index is 13.8. The van der Waals surface area contributed by atoms with Gasteiger partial charge in [0.25, 0.3) is 5.91 Å². The summed E-state index contributed by atoms with van der Waals surface area (Å²) in [6.45, 7) is 0.677. The van der Waals surface area contributed by atoms with Crippen molar-refractivity contribution < 1.29 is 14.3 Å². The minimum absolute atomic E-state index is 0.0410. The lowest BCUT2D eigenvalue weighted by Gasteiger charge is -2.35. The first-order chi connectivity index (χ1) is 9.13. The van der Waals surface area contributed by atoms with Crippen molar-refractivity contribution in [1.29, 1.82) is 0 Å². The monoisotopic (exact) mass is 329 g/mol. The Labute approximate surface area is 120 Å². The number of halogens is 2. The molecule has 2 rings (SSSR count). The second kappa shape index (κ2) is 6.37. The number of hydrogen-bond donors (Lipinski definition) is 1. The summed E-state index contributed by atoms with van der Waals surface area (Å²) in [4.78, 5) is 14.2. The molecule has 1 atom stereocenters. The molecule has 1 aromatic carbocycles. The molecule has 0 bridgehead atoms. The highest BCUT2D eigenvalue weighted by molar-refractivity contribution is 9.09. The lowest BCUT2D eigenvalue weighted by atomic mass is 9.98. The van der Waals surface area contributed by atoms with Crippen molar-refractivity contribution in [3.05, 3.63) is 29.6 Å². The average Bonchev–Trinajstić information content (AvgIpc) is 2.39. The van der Waals surface area contributed by atoms with Crippen molar-refractivity contribution in [2.24, 2.45) is 0 Å². The van der Waals surface area contributed by atoms with Gasteiger partial charge in [0.1, 0.15) is 11.6 Å². The van der Waals surface area contributed by atoms with Gasteiger partial charge in [-0.05, 0) is 37.8 Å². The van der Waals surface area contributed by atoms with Crippen LogP contribution in [0.1, 0.15) is 36.0 Å². The Kier molecular flexibility index (Phi) is 4.80. The van der Waals surface area contributed by atoms with Crippen LogP contribution in [-0.2, 0) is 0 Å². The topological polar surface area (TPSA) is 40.5 Å². The molecule has 1 N–H and O–H groups in total. The molecule has 104 valence electrons. The van der Waals surface area contributed by atoms with Crippen molar-refractivity contribution >= 4 is 21.8 Å². The summed E-state index contributed by atoms with van der Waals surface area (Å²) in [6, 6.07) is 3.86. The molecule has 3 nitrogen and oxygen atoms in total. The quantitative estimate of drug-likeness (QED) is 0.864. The van der Waals surface area contributed by atoms with E-state index >= 15 is 0 Å². The van der Waals surface area contributed by atoms with Gasteiger partial charge in [-0.1, -0.05) is 15.9 Å². The summed E-state index contributed by atoms with van der Waals surface area (Å²) < 4.78 is 13.8. The molecule has 0 aliphatic carbocycles. The molecule has 0 spiro atoms. The Morgan fingerprint density at radius 3 is 2.95 bits per heavy atom. The molecule has 1 saturated heterocycles. The van der Waals surface area contributed by atoms with Crippen LogP contribution in [0.25, 0.3) is 0 Å². The SMILES string of the molecule is O=C(c1ccc(O)cc1F)N1CCCCC1CCBr.